The predicted molar refractivity (Wildman–Crippen MR) is 95.3 cm³/mol. The van der Waals surface area contributed by atoms with Crippen LogP contribution in [0.5, 0.6) is 0 Å². The normalized spacial score (nSPS) is 24.1. The van der Waals surface area contributed by atoms with Gasteiger partial charge in [0.1, 0.15) is 0 Å². The van der Waals surface area contributed by atoms with E-state index in [2.05, 4.69) is 42.6 Å². The molecule has 2 aliphatic rings. The zero-order valence-corrected chi connectivity index (χ0v) is 13.6. The third-order valence-electron chi connectivity index (χ3n) is 5.33. The number of para-hydroxylation sites is 1. The molecule has 122 valence electrons. The first-order valence-corrected chi connectivity index (χ1v) is 8.48. The molecule has 0 saturated carbocycles. The molecule has 1 aliphatic carbocycles. The highest BCUT2D eigenvalue weighted by atomic mass is 16.6. The Labute approximate surface area is 141 Å². The molecule has 0 bridgehead atoms. The van der Waals surface area contributed by atoms with Crippen molar-refractivity contribution in [2.75, 3.05) is 5.32 Å². The first-order chi connectivity index (χ1) is 11.7. The molecular weight excluding hydrogens is 300 g/mol. The molecule has 0 amide bonds. The Bertz CT molecular complexity index is 811. The van der Waals surface area contributed by atoms with Crippen LogP contribution >= 0.6 is 0 Å². The predicted octanol–water partition coefficient (Wildman–Crippen LogP) is 4.98. The van der Waals surface area contributed by atoms with Crippen LogP contribution in [0.1, 0.15) is 42.0 Å². The van der Waals surface area contributed by atoms with Crippen molar-refractivity contribution in [2.24, 2.45) is 5.92 Å². The third kappa shape index (κ3) is 2.30. The lowest BCUT2D eigenvalue weighted by molar-refractivity contribution is -0.384. The fourth-order valence-electron chi connectivity index (χ4n) is 4.11. The SMILES string of the molecule is CCc1cccc2c1N[C@H](c1ccc([N+](=O)[O-])cc1)[C@@H]1CC=C[C@@H]21. The van der Waals surface area contributed by atoms with Gasteiger partial charge in [-0.25, -0.2) is 0 Å². The number of aryl methyl sites for hydroxylation is 1. The van der Waals surface area contributed by atoms with Crippen molar-refractivity contribution in [2.45, 2.75) is 31.7 Å². The number of non-ortho nitro benzene ring substituents is 1. The number of nitro benzene ring substituents is 1. The molecule has 4 heteroatoms. The van der Waals surface area contributed by atoms with Crippen molar-refractivity contribution < 1.29 is 4.92 Å². The Kier molecular flexibility index (Phi) is 3.60. The molecule has 4 nitrogen and oxygen atoms in total. The first-order valence-electron chi connectivity index (χ1n) is 8.48. The van der Waals surface area contributed by atoms with E-state index < -0.39 is 0 Å². The topological polar surface area (TPSA) is 55.2 Å². The number of rotatable bonds is 3. The van der Waals surface area contributed by atoms with Crippen molar-refractivity contribution in [3.8, 4) is 0 Å². The second-order valence-electron chi connectivity index (χ2n) is 6.56. The molecule has 0 spiro atoms. The van der Waals surface area contributed by atoms with Gasteiger partial charge in [-0.3, -0.25) is 10.1 Å². The average molecular weight is 320 g/mol. The van der Waals surface area contributed by atoms with Crippen LogP contribution in [0, 0.1) is 16.0 Å². The minimum atomic E-state index is -0.345. The standard InChI is InChI=1S/C20H20N2O2/c1-2-13-5-3-7-17-16-6-4-8-18(16)20(21-19(13)17)14-9-11-15(12-10-14)22(23)24/h3-7,9-12,16,18,20-21H,2,8H2,1H3/t16-,18+,20+/m0/s1. The van der Waals surface area contributed by atoms with Crippen LogP contribution in [-0.4, -0.2) is 4.92 Å². The summed E-state index contributed by atoms with van der Waals surface area (Å²) in [6.07, 6.45) is 6.62. The molecule has 1 N–H and O–H groups in total. The van der Waals surface area contributed by atoms with Gasteiger partial charge in [0.05, 0.1) is 11.0 Å². The minimum Gasteiger partial charge on any atom is -0.377 e. The van der Waals surface area contributed by atoms with Crippen molar-refractivity contribution in [3.63, 3.8) is 0 Å². The van der Waals surface area contributed by atoms with Gasteiger partial charge in [0.15, 0.2) is 0 Å². The second-order valence-corrected chi connectivity index (χ2v) is 6.56. The number of hydrogen-bond donors (Lipinski definition) is 1. The van der Waals surface area contributed by atoms with Gasteiger partial charge in [-0.15, -0.1) is 0 Å². The fraction of sp³-hybridized carbons (Fsp3) is 0.300. The molecule has 2 aromatic carbocycles. The fourth-order valence-corrected chi connectivity index (χ4v) is 4.11. The van der Waals surface area contributed by atoms with E-state index in [0.717, 1.165) is 18.4 Å². The van der Waals surface area contributed by atoms with Crippen LogP contribution in [0.4, 0.5) is 11.4 Å². The van der Waals surface area contributed by atoms with Crippen molar-refractivity contribution in [1.82, 2.24) is 0 Å². The molecule has 1 heterocycles. The quantitative estimate of drug-likeness (QED) is 0.493. The summed E-state index contributed by atoms with van der Waals surface area (Å²) in [5.74, 6) is 0.888. The van der Waals surface area contributed by atoms with Crippen LogP contribution in [0.15, 0.2) is 54.6 Å². The molecule has 1 aliphatic heterocycles. The number of anilines is 1. The van der Waals surface area contributed by atoms with E-state index in [0.29, 0.717) is 11.8 Å². The maximum absolute atomic E-state index is 10.9. The van der Waals surface area contributed by atoms with E-state index in [1.54, 1.807) is 12.1 Å². The number of nitrogens with zero attached hydrogens (tertiary/aromatic N) is 1. The van der Waals surface area contributed by atoms with Crippen LogP contribution < -0.4 is 5.32 Å². The van der Waals surface area contributed by atoms with E-state index in [9.17, 15) is 10.1 Å². The number of allylic oxidation sites excluding steroid dienone is 2. The van der Waals surface area contributed by atoms with Crippen molar-refractivity contribution in [3.05, 3.63) is 81.4 Å². The van der Waals surface area contributed by atoms with Gasteiger partial charge in [0.25, 0.3) is 5.69 Å². The van der Waals surface area contributed by atoms with Gasteiger partial charge in [0, 0.05) is 23.7 Å². The summed E-state index contributed by atoms with van der Waals surface area (Å²) in [7, 11) is 0. The van der Waals surface area contributed by atoms with Crippen LogP contribution in [-0.2, 0) is 6.42 Å². The third-order valence-corrected chi connectivity index (χ3v) is 5.33. The molecule has 24 heavy (non-hydrogen) atoms. The number of benzene rings is 2. The van der Waals surface area contributed by atoms with Crippen LogP contribution in [0.2, 0.25) is 0 Å². The highest BCUT2D eigenvalue weighted by Gasteiger charge is 2.38. The Balaban J connectivity index is 1.76. The van der Waals surface area contributed by atoms with Crippen molar-refractivity contribution in [1.29, 1.82) is 0 Å². The summed E-state index contributed by atoms with van der Waals surface area (Å²) in [6.45, 7) is 2.18. The number of nitro groups is 1. The van der Waals surface area contributed by atoms with Crippen LogP contribution in [0.25, 0.3) is 0 Å². The molecule has 2 aromatic rings. The maximum atomic E-state index is 10.9. The lowest BCUT2D eigenvalue weighted by Gasteiger charge is -2.38. The Morgan fingerprint density at radius 2 is 2.00 bits per heavy atom. The zero-order chi connectivity index (χ0) is 16.7. The van der Waals surface area contributed by atoms with Gasteiger partial charge >= 0.3 is 0 Å². The second kappa shape index (κ2) is 5.78. The minimum absolute atomic E-state index is 0.144. The molecule has 0 unspecified atom stereocenters. The molecule has 3 atom stereocenters. The van der Waals surface area contributed by atoms with Gasteiger partial charge in [-0.1, -0.05) is 49.4 Å². The molecular formula is C20H20N2O2. The summed E-state index contributed by atoms with van der Waals surface area (Å²) in [5, 5.41) is 14.6. The highest BCUT2D eigenvalue weighted by molar-refractivity contribution is 5.64. The largest absolute Gasteiger partial charge is 0.377 e. The van der Waals surface area contributed by atoms with E-state index >= 15 is 0 Å². The van der Waals surface area contributed by atoms with Gasteiger partial charge in [0.2, 0.25) is 0 Å². The number of fused-ring (bicyclic) bond motifs is 3. The molecule has 0 saturated heterocycles. The Morgan fingerprint density at radius 3 is 2.71 bits per heavy atom. The average Bonchev–Trinajstić information content (AvgIpc) is 3.10. The van der Waals surface area contributed by atoms with Gasteiger partial charge in [-0.2, -0.15) is 0 Å². The first kappa shape index (κ1) is 14.9. The summed E-state index contributed by atoms with van der Waals surface area (Å²) in [6, 6.07) is 13.7. The lowest BCUT2D eigenvalue weighted by Crippen LogP contribution is -2.29. The maximum Gasteiger partial charge on any atom is 0.269 e. The van der Waals surface area contributed by atoms with Crippen LogP contribution in [0.3, 0.4) is 0 Å². The van der Waals surface area contributed by atoms with Gasteiger partial charge in [-0.05, 0) is 35.4 Å². The summed E-state index contributed by atoms with van der Waals surface area (Å²) >= 11 is 0. The monoisotopic (exact) mass is 320 g/mol. The Hall–Kier alpha value is -2.62. The molecule has 0 aromatic heterocycles. The van der Waals surface area contributed by atoms with E-state index in [1.165, 1.54) is 16.8 Å². The summed E-state index contributed by atoms with van der Waals surface area (Å²) in [5.41, 5.74) is 5.22. The molecule has 4 rings (SSSR count). The molecule has 0 fully saturated rings. The zero-order valence-electron chi connectivity index (χ0n) is 13.6. The van der Waals surface area contributed by atoms with Crippen molar-refractivity contribution >= 4 is 11.4 Å². The van der Waals surface area contributed by atoms with Gasteiger partial charge < -0.3 is 5.32 Å². The summed E-state index contributed by atoms with van der Waals surface area (Å²) < 4.78 is 0. The molecule has 0 radical (unpaired) electrons. The van der Waals surface area contributed by atoms with E-state index in [1.807, 2.05) is 12.1 Å². The highest BCUT2D eigenvalue weighted by Crippen LogP contribution is 2.50. The Morgan fingerprint density at radius 1 is 1.21 bits per heavy atom. The van der Waals surface area contributed by atoms with E-state index in [4.69, 9.17) is 0 Å². The number of nitrogens with one attached hydrogen (secondary N) is 1. The number of hydrogen-bond acceptors (Lipinski definition) is 3. The lowest BCUT2D eigenvalue weighted by atomic mass is 9.76. The summed E-state index contributed by atoms with van der Waals surface area (Å²) in [4.78, 5) is 10.6. The smallest absolute Gasteiger partial charge is 0.269 e. The van der Waals surface area contributed by atoms with E-state index in [-0.39, 0.29) is 16.7 Å².